The van der Waals surface area contributed by atoms with Gasteiger partial charge in [-0.15, -0.1) is 0 Å². The van der Waals surface area contributed by atoms with Gasteiger partial charge in [-0.2, -0.15) is 4.39 Å². The minimum Gasteiger partial charge on any atom is -0.399 e. The van der Waals surface area contributed by atoms with Gasteiger partial charge in [-0.05, 0) is 33.8 Å². The summed E-state index contributed by atoms with van der Waals surface area (Å²) in [7, 11) is -0.499. The predicted molar refractivity (Wildman–Crippen MR) is 71.8 cm³/mol. The van der Waals surface area contributed by atoms with E-state index >= 15 is 0 Å². The van der Waals surface area contributed by atoms with Crippen molar-refractivity contribution >= 4 is 23.5 Å². The molecule has 3 heterocycles. The summed E-state index contributed by atoms with van der Waals surface area (Å²) in [5.74, 6) is -0.514. The Hall–Kier alpha value is -1.40. The molecule has 6 heteroatoms. The lowest BCUT2D eigenvalue weighted by Crippen LogP contribution is -2.41. The van der Waals surface area contributed by atoms with Gasteiger partial charge in [-0.3, -0.25) is 0 Å². The van der Waals surface area contributed by atoms with Crippen LogP contribution in [-0.4, -0.2) is 28.3 Å². The number of aromatic amines is 1. The topological polar surface area (TPSA) is 47.1 Å². The Morgan fingerprint density at radius 3 is 2.47 bits per heavy atom. The molecule has 4 nitrogen and oxygen atoms in total. The Morgan fingerprint density at radius 2 is 1.84 bits per heavy atom. The number of pyridine rings is 1. The second kappa shape index (κ2) is 3.80. The molecule has 2 aromatic rings. The van der Waals surface area contributed by atoms with Crippen molar-refractivity contribution in [1.29, 1.82) is 0 Å². The van der Waals surface area contributed by atoms with Crippen LogP contribution in [0.4, 0.5) is 4.39 Å². The molecule has 0 saturated carbocycles. The molecular formula is C13H16BFN2O2. The summed E-state index contributed by atoms with van der Waals surface area (Å²) in [6.45, 7) is 7.96. The first kappa shape index (κ1) is 12.6. The van der Waals surface area contributed by atoms with Crippen LogP contribution < -0.4 is 5.46 Å². The highest BCUT2D eigenvalue weighted by molar-refractivity contribution is 6.65. The smallest absolute Gasteiger partial charge is 0.399 e. The zero-order chi connectivity index (χ0) is 13.8. The normalized spacial score (nSPS) is 21.2. The molecule has 0 aliphatic carbocycles. The zero-order valence-corrected chi connectivity index (χ0v) is 11.5. The highest BCUT2D eigenvalue weighted by Gasteiger charge is 2.52. The molecule has 1 saturated heterocycles. The van der Waals surface area contributed by atoms with Crippen molar-refractivity contribution in [3.63, 3.8) is 0 Å². The van der Waals surface area contributed by atoms with Crippen molar-refractivity contribution < 1.29 is 13.7 Å². The summed E-state index contributed by atoms with van der Waals surface area (Å²) < 4.78 is 25.5. The third-order valence-electron chi connectivity index (χ3n) is 4.09. The molecule has 0 amide bonds. The molecule has 3 rings (SSSR count). The average Bonchev–Trinajstić information content (AvgIpc) is 2.80. The van der Waals surface area contributed by atoms with Gasteiger partial charge in [0.05, 0.1) is 11.2 Å². The van der Waals surface area contributed by atoms with E-state index < -0.39 is 24.3 Å². The van der Waals surface area contributed by atoms with Crippen molar-refractivity contribution in [3.05, 3.63) is 24.4 Å². The van der Waals surface area contributed by atoms with Crippen molar-refractivity contribution in [2.75, 3.05) is 0 Å². The van der Waals surface area contributed by atoms with Crippen molar-refractivity contribution in [1.82, 2.24) is 9.97 Å². The van der Waals surface area contributed by atoms with Gasteiger partial charge >= 0.3 is 7.12 Å². The van der Waals surface area contributed by atoms with Crippen molar-refractivity contribution in [2.24, 2.45) is 0 Å². The first-order valence-electron chi connectivity index (χ1n) is 6.29. The number of nitrogens with one attached hydrogen (secondary N) is 1. The number of aromatic nitrogens is 2. The number of halogens is 1. The number of hydrogen-bond donors (Lipinski definition) is 1. The van der Waals surface area contributed by atoms with Crippen LogP contribution in [0.15, 0.2) is 18.5 Å². The Labute approximate surface area is 111 Å². The van der Waals surface area contributed by atoms with Gasteiger partial charge in [0, 0.05) is 23.2 Å². The van der Waals surface area contributed by atoms with Crippen LogP contribution in [0.1, 0.15) is 27.7 Å². The lowest BCUT2D eigenvalue weighted by atomic mass is 9.79. The number of rotatable bonds is 1. The van der Waals surface area contributed by atoms with E-state index in [4.69, 9.17) is 9.31 Å². The largest absolute Gasteiger partial charge is 0.497 e. The van der Waals surface area contributed by atoms with E-state index in [2.05, 4.69) is 9.97 Å². The Morgan fingerprint density at radius 1 is 1.21 bits per heavy atom. The fourth-order valence-corrected chi connectivity index (χ4v) is 2.21. The minimum absolute atomic E-state index is 0.382. The third kappa shape index (κ3) is 1.78. The molecule has 1 aliphatic rings. The van der Waals surface area contributed by atoms with E-state index in [-0.39, 0.29) is 0 Å². The average molecular weight is 262 g/mol. The Kier molecular flexibility index (Phi) is 2.53. The number of hydrogen-bond acceptors (Lipinski definition) is 3. The Balaban J connectivity index is 2.06. The number of nitrogens with zero attached hydrogens (tertiary/aromatic N) is 1. The van der Waals surface area contributed by atoms with E-state index in [0.717, 1.165) is 10.8 Å². The van der Waals surface area contributed by atoms with Crippen LogP contribution in [0.25, 0.3) is 10.9 Å². The standard InChI is InChI=1S/C13H16BFN2O2/c1-12(2)13(3,4)19-14(18-12)9-7-17-10-8(9)5-6-16-11(10)15/h5-7,17H,1-4H3. The lowest BCUT2D eigenvalue weighted by molar-refractivity contribution is 0.00578. The SMILES string of the molecule is CC1(C)OB(c2c[nH]c3c(F)nccc23)OC1(C)C. The van der Waals surface area contributed by atoms with Crippen LogP contribution in [0.2, 0.25) is 0 Å². The van der Waals surface area contributed by atoms with Gasteiger partial charge in [-0.1, -0.05) is 0 Å². The van der Waals surface area contributed by atoms with E-state index in [1.54, 1.807) is 12.3 Å². The summed E-state index contributed by atoms with van der Waals surface area (Å²) in [5.41, 5.74) is 0.363. The Bertz CT molecular complexity index is 623. The van der Waals surface area contributed by atoms with Crippen LogP contribution in [-0.2, 0) is 9.31 Å². The summed E-state index contributed by atoms with van der Waals surface area (Å²) in [6, 6.07) is 1.76. The summed E-state index contributed by atoms with van der Waals surface area (Å²) in [4.78, 5) is 6.52. The third-order valence-corrected chi connectivity index (χ3v) is 4.09. The van der Waals surface area contributed by atoms with Gasteiger partial charge < -0.3 is 14.3 Å². The predicted octanol–water partition coefficient (Wildman–Crippen LogP) is 2.00. The van der Waals surface area contributed by atoms with Gasteiger partial charge in [0.2, 0.25) is 5.95 Å². The maximum Gasteiger partial charge on any atom is 0.497 e. The molecule has 0 aromatic carbocycles. The molecule has 2 aromatic heterocycles. The second-order valence-corrected chi connectivity index (χ2v) is 5.86. The van der Waals surface area contributed by atoms with Crippen molar-refractivity contribution in [2.45, 2.75) is 38.9 Å². The van der Waals surface area contributed by atoms with Crippen LogP contribution in [0.5, 0.6) is 0 Å². The first-order chi connectivity index (χ1) is 8.82. The van der Waals surface area contributed by atoms with Gasteiger partial charge in [0.15, 0.2) is 0 Å². The van der Waals surface area contributed by atoms with Crippen LogP contribution in [0, 0.1) is 5.95 Å². The summed E-state index contributed by atoms with van der Waals surface area (Å²) in [5, 5.41) is 0.742. The van der Waals surface area contributed by atoms with E-state index in [9.17, 15) is 4.39 Å². The van der Waals surface area contributed by atoms with E-state index in [0.29, 0.717) is 5.52 Å². The molecule has 1 N–H and O–H groups in total. The summed E-state index contributed by atoms with van der Waals surface area (Å²) >= 11 is 0. The molecular weight excluding hydrogens is 246 g/mol. The minimum atomic E-state index is -0.514. The molecule has 0 radical (unpaired) electrons. The quantitative estimate of drug-likeness (QED) is 0.631. The molecule has 0 spiro atoms. The van der Waals surface area contributed by atoms with Crippen LogP contribution in [0.3, 0.4) is 0 Å². The monoisotopic (exact) mass is 262 g/mol. The fraction of sp³-hybridized carbons (Fsp3) is 0.462. The highest BCUT2D eigenvalue weighted by Crippen LogP contribution is 2.37. The van der Waals surface area contributed by atoms with E-state index in [1.807, 2.05) is 27.7 Å². The molecule has 1 aliphatic heterocycles. The zero-order valence-electron chi connectivity index (χ0n) is 11.5. The highest BCUT2D eigenvalue weighted by atomic mass is 19.1. The molecule has 0 bridgehead atoms. The van der Waals surface area contributed by atoms with Gasteiger partial charge in [0.25, 0.3) is 0 Å². The number of fused-ring (bicyclic) bond motifs is 1. The first-order valence-corrected chi connectivity index (χ1v) is 6.29. The van der Waals surface area contributed by atoms with Gasteiger partial charge in [0.1, 0.15) is 5.52 Å². The molecule has 19 heavy (non-hydrogen) atoms. The van der Waals surface area contributed by atoms with Crippen molar-refractivity contribution in [3.8, 4) is 0 Å². The lowest BCUT2D eigenvalue weighted by Gasteiger charge is -2.32. The maximum atomic E-state index is 13.6. The van der Waals surface area contributed by atoms with E-state index in [1.165, 1.54) is 6.20 Å². The molecule has 0 unspecified atom stereocenters. The second-order valence-electron chi connectivity index (χ2n) is 5.86. The fourth-order valence-electron chi connectivity index (χ4n) is 2.21. The summed E-state index contributed by atoms with van der Waals surface area (Å²) in [6.07, 6.45) is 3.16. The van der Waals surface area contributed by atoms with Crippen LogP contribution >= 0.6 is 0 Å². The maximum absolute atomic E-state index is 13.6. The molecule has 1 fully saturated rings. The number of H-pyrrole nitrogens is 1. The molecule has 100 valence electrons. The van der Waals surface area contributed by atoms with Gasteiger partial charge in [-0.25, -0.2) is 4.98 Å². The molecule has 0 atom stereocenters.